The van der Waals surface area contributed by atoms with E-state index >= 15 is 0 Å². The first kappa shape index (κ1) is 12.3. The second kappa shape index (κ2) is 4.76. The van der Waals surface area contributed by atoms with Gasteiger partial charge in [0.1, 0.15) is 0 Å². The quantitative estimate of drug-likeness (QED) is 0.879. The third-order valence-electron chi connectivity index (χ3n) is 4.23. The lowest BCUT2D eigenvalue weighted by Gasteiger charge is -2.37. The van der Waals surface area contributed by atoms with Gasteiger partial charge < -0.3 is 5.43 Å². The van der Waals surface area contributed by atoms with E-state index in [1.165, 1.54) is 35.4 Å². The lowest BCUT2D eigenvalue weighted by molar-refractivity contribution is 0.350. The Kier molecular flexibility index (Phi) is 3.09. The van der Waals surface area contributed by atoms with Crippen molar-refractivity contribution in [1.29, 1.82) is 0 Å². The minimum atomic E-state index is 0.607. The molecule has 2 heteroatoms. The van der Waals surface area contributed by atoms with Crippen LogP contribution in [0.25, 0.3) is 0 Å². The van der Waals surface area contributed by atoms with Crippen molar-refractivity contribution in [1.82, 2.24) is 4.68 Å². The minimum absolute atomic E-state index is 0.607. The number of hydrogen-bond donors (Lipinski definition) is 1. The number of hydrogen-bond acceptors (Lipinski definition) is 1. The summed E-state index contributed by atoms with van der Waals surface area (Å²) in [5, 5.41) is 0. The number of aromatic nitrogens is 1. The smallest absolute Gasteiger partial charge is 0.0436 e. The maximum absolute atomic E-state index is 3.63. The van der Waals surface area contributed by atoms with Gasteiger partial charge in [-0.05, 0) is 57.2 Å². The van der Waals surface area contributed by atoms with E-state index in [1.807, 2.05) is 0 Å². The first-order chi connectivity index (χ1) is 9.13. The molecule has 1 aromatic heterocycles. The van der Waals surface area contributed by atoms with E-state index in [0.29, 0.717) is 6.04 Å². The van der Waals surface area contributed by atoms with Gasteiger partial charge in [-0.1, -0.05) is 29.8 Å². The highest BCUT2D eigenvalue weighted by Gasteiger charge is 2.30. The number of aryl methyl sites for hydroxylation is 3. The molecular weight excluding hydrogens is 232 g/mol. The molecule has 0 unspecified atom stereocenters. The molecule has 2 nitrogen and oxygen atoms in total. The van der Waals surface area contributed by atoms with Crippen molar-refractivity contribution < 1.29 is 0 Å². The van der Waals surface area contributed by atoms with Crippen LogP contribution in [-0.2, 0) is 0 Å². The Morgan fingerprint density at radius 3 is 2.32 bits per heavy atom. The van der Waals surface area contributed by atoms with Crippen LogP contribution in [0, 0.1) is 20.8 Å². The summed E-state index contributed by atoms with van der Waals surface area (Å²) in [6.45, 7) is 6.47. The zero-order chi connectivity index (χ0) is 13.4. The molecule has 19 heavy (non-hydrogen) atoms. The third-order valence-corrected chi connectivity index (χ3v) is 4.23. The molecule has 1 aliphatic carbocycles. The van der Waals surface area contributed by atoms with Gasteiger partial charge in [-0.3, -0.25) is 4.68 Å². The van der Waals surface area contributed by atoms with E-state index in [4.69, 9.17) is 0 Å². The Bertz CT molecular complexity index is 557. The number of rotatable bonds is 3. The lowest BCUT2D eigenvalue weighted by Crippen LogP contribution is -2.39. The van der Waals surface area contributed by atoms with Crippen LogP contribution in [0.3, 0.4) is 0 Å². The monoisotopic (exact) mass is 254 g/mol. The molecule has 0 radical (unpaired) electrons. The molecule has 0 spiro atoms. The van der Waals surface area contributed by atoms with Crippen molar-refractivity contribution in [2.75, 3.05) is 5.43 Å². The summed E-state index contributed by atoms with van der Waals surface area (Å²) in [5.74, 6) is 0.730. The summed E-state index contributed by atoms with van der Waals surface area (Å²) >= 11 is 0. The fraction of sp³-hybridized carbons (Fsp3) is 0.412. The van der Waals surface area contributed by atoms with Gasteiger partial charge >= 0.3 is 0 Å². The highest BCUT2D eigenvalue weighted by Crippen LogP contribution is 2.37. The van der Waals surface area contributed by atoms with Crippen molar-refractivity contribution in [2.24, 2.45) is 0 Å². The topological polar surface area (TPSA) is 17.0 Å². The van der Waals surface area contributed by atoms with Crippen molar-refractivity contribution in [3.8, 4) is 0 Å². The van der Waals surface area contributed by atoms with Gasteiger partial charge in [-0.25, -0.2) is 0 Å². The summed E-state index contributed by atoms with van der Waals surface area (Å²) in [4.78, 5) is 0. The molecule has 1 aliphatic rings. The molecule has 1 saturated carbocycles. The Hall–Kier alpha value is -1.70. The number of benzene rings is 1. The summed E-state index contributed by atoms with van der Waals surface area (Å²) in [7, 11) is 0. The van der Waals surface area contributed by atoms with Crippen LogP contribution >= 0.6 is 0 Å². The molecule has 0 atom stereocenters. The average Bonchev–Trinajstić information content (AvgIpc) is 2.64. The summed E-state index contributed by atoms with van der Waals surface area (Å²) in [5.41, 5.74) is 9.07. The van der Waals surface area contributed by atoms with Crippen LogP contribution in [0.15, 0.2) is 36.4 Å². The van der Waals surface area contributed by atoms with E-state index in [0.717, 1.165) is 5.92 Å². The zero-order valence-electron chi connectivity index (χ0n) is 12.0. The molecule has 1 heterocycles. The molecular formula is C17H22N2. The zero-order valence-corrected chi connectivity index (χ0v) is 12.0. The first-order valence-electron chi connectivity index (χ1n) is 7.11. The standard InChI is InChI=1S/C17H22N2/c1-12-5-4-6-15(9-12)16-10-17(11-16)18-19-13(2)7-8-14(19)3/h4-9,16-18H,10-11H2,1-3H3. The summed E-state index contributed by atoms with van der Waals surface area (Å²) < 4.78 is 2.22. The predicted octanol–water partition coefficient (Wildman–Crippen LogP) is 3.90. The second-order valence-electron chi connectivity index (χ2n) is 5.86. The van der Waals surface area contributed by atoms with Crippen molar-refractivity contribution in [3.05, 3.63) is 58.9 Å². The molecule has 100 valence electrons. The first-order valence-corrected chi connectivity index (χ1v) is 7.11. The normalized spacial score (nSPS) is 22.1. The minimum Gasteiger partial charge on any atom is -0.323 e. The maximum atomic E-state index is 3.63. The average molecular weight is 254 g/mol. The Morgan fingerprint density at radius 2 is 1.68 bits per heavy atom. The van der Waals surface area contributed by atoms with Crippen LogP contribution in [0.4, 0.5) is 0 Å². The van der Waals surface area contributed by atoms with E-state index in [2.05, 4.69) is 67.3 Å². The van der Waals surface area contributed by atoms with E-state index in [9.17, 15) is 0 Å². The highest BCUT2D eigenvalue weighted by molar-refractivity contribution is 5.28. The van der Waals surface area contributed by atoms with Gasteiger partial charge in [0.2, 0.25) is 0 Å². The van der Waals surface area contributed by atoms with Gasteiger partial charge in [0.05, 0.1) is 0 Å². The Balaban J connectivity index is 1.62. The molecule has 0 amide bonds. The van der Waals surface area contributed by atoms with Gasteiger partial charge in [-0.15, -0.1) is 0 Å². The fourth-order valence-electron chi connectivity index (χ4n) is 2.97. The van der Waals surface area contributed by atoms with Crippen LogP contribution in [0.1, 0.15) is 41.3 Å². The molecule has 3 rings (SSSR count). The molecule has 1 N–H and O–H groups in total. The van der Waals surface area contributed by atoms with Crippen LogP contribution in [0.2, 0.25) is 0 Å². The Labute approximate surface area is 115 Å². The highest BCUT2D eigenvalue weighted by atomic mass is 15.4. The van der Waals surface area contributed by atoms with E-state index in [1.54, 1.807) is 0 Å². The van der Waals surface area contributed by atoms with Crippen LogP contribution in [0.5, 0.6) is 0 Å². The van der Waals surface area contributed by atoms with Gasteiger partial charge in [0.25, 0.3) is 0 Å². The van der Waals surface area contributed by atoms with Crippen LogP contribution in [-0.4, -0.2) is 10.7 Å². The van der Waals surface area contributed by atoms with Crippen molar-refractivity contribution >= 4 is 0 Å². The largest absolute Gasteiger partial charge is 0.323 e. The molecule has 1 aromatic carbocycles. The van der Waals surface area contributed by atoms with E-state index < -0.39 is 0 Å². The van der Waals surface area contributed by atoms with Crippen LogP contribution < -0.4 is 5.43 Å². The number of nitrogens with zero attached hydrogens (tertiary/aromatic N) is 1. The lowest BCUT2D eigenvalue weighted by atomic mass is 9.76. The Morgan fingerprint density at radius 1 is 1.00 bits per heavy atom. The molecule has 0 aliphatic heterocycles. The third kappa shape index (κ3) is 2.40. The van der Waals surface area contributed by atoms with Crippen molar-refractivity contribution in [2.45, 2.75) is 45.6 Å². The number of nitrogens with one attached hydrogen (secondary N) is 1. The second-order valence-corrected chi connectivity index (χ2v) is 5.86. The van der Waals surface area contributed by atoms with Gasteiger partial charge in [0, 0.05) is 17.4 Å². The fourth-order valence-corrected chi connectivity index (χ4v) is 2.97. The molecule has 0 saturated heterocycles. The summed E-state index contributed by atoms with van der Waals surface area (Å²) in [6, 6.07) is 13.9. The predicted molar refractivity (Wildman–Crippen MR) is 80.2 cm³/mol. The van der Waals surface area contributed by atoms with Crippen molar-refractivity contribution in [3.63, 3.8) is 0 Å². The molecule has 1 fully saturated rings. The molecule has 2 aromatic rings. The van der Waals surface area contributed by atoms with E-state index in [-0.39, 0.29) is 0 Å². The molecule has 0 bridgehead atoms. The maximum Gasteiger partial charge on any atom is 0.0436 e. The van der Waals surface area contributed by atoms with Gasteiger partial charge in [-0.2, -0.15) is 0 Å². The SMILES string of the molecule is Cc1cccc(C2CC(Nn3c(C)ccc3C)C2)c1. The summed E-state index contributed by atoms with van der Waals surface area (Å²) in [6.07, 6.45) is 2.47. The van der Waals surface area contributed by atoms with Gasteiger partial charge in [0.15, 0.2) is 0 Å².